The molecule has 2 atom stereocenters. The second-order valence-corrected chi connectivity index (χ2v) is 17.6. The third-order valence-corrected chi connectivity index (χ3v) is 10.4. The van der Waals surface area contributed by atoms with Gasteiger partial charge in [-0.25, -0.2) is 0 Å². The average molecular weight is 868 g/mol. The second-order valence-electron chi connectivity index (χ2n) is 13.9. The van der Waals surface area contributed by atoms with Crippen molar-refractivity contribution < 1.29 is 30.4 Å². The molecule has 4 nitrogen and oxygen atoms in total. The first-order valence-corrected chi connectivity index (χ1v) is 26.4. The Bertz CT molecular complexity index is 1960. The molecular weight excluding hydrogens is 809 g/mol. The SMILES string of the molecule is CCC(=O)N[B]NC(=O)CC.CCc1ccccc1-c1cccc2[cH-]c(C(C)CC)cc12.CCc1ccccc1-c1cccc2[cH-]c(C(C)CC)cc12.[Cl][Zr+2][Cl]. The number of amides is 2. The topological polar surface area (TPSA) is 58.2 Å². The van der Waals surface area contributed by atoms with E-state index in [1.807, 2.05) is 0 Å². The van der Waals surface area contributed by atoms with Gasteiger partial charge in [0, 0.05) is 12.8 Å². The summed E-state index contributed by atoms with van der Waals surface area (Å²) in [7, 11) is 11.1. The monoisotopic (exact) mass is 865 g/mol. The van der Waals surface area contributed by atoms with Crippen LogP contribution < -0.4 is 10.5 Å². The zero-order valence-electron chi connectivity index (χ0n) is 34.4. The van der Waals surface area contributed by atoms with Crippen LogP contribution in [0.4, 0.5) is 0 Å². The van der Waals surface area contributed by atoms with E-state index in [9.17, 15) is 9.59 Å². The Morgan fingerprint density at radius 1 is 0.589 bits per heavy atom. The molecule has 0 aliphatic carbocycles. The number of hydrogen-bond acceptors (Lipinski definition) is 2. The van der Waals surface area contributed by atoms with E-state index in [1.54, 1.807) is 13.8 Å². The Kier molecular flexibility index (Phi) is 21.0. The number of halogens is 2. The number of aryl methyl sites for hydroxylation is 2. The van der Waals surface area contributed by atoms with Crippen LogP contribution in [0.2, 0.25) is 0 Å². The quantitative estimate of drug-likeness (QED) is 0.0951. The first-order valence-electron chi connectivity index (χ1n) is 20.0. The van der Waals surface area contributed by atoms with Gasteiger partial charge in [0.05, 0.1) is 0 Å². The molecule has 6 aromatic rings. The number of carbonyl (C=O) groups excluding carboxylic acids is 2. The van der Waals surface area contributed by atoms with Gasteiger partial charge < -0.3 is 10.5 Å². The van der Waals surface area contributed by atoms with Crippen molar-refractivity contribution in [2.24, 2.45) is 0 Å². The molecule has 0 aliphatic rings. The predicted molar refractivity (Wildman–Crippen MR) is 240 cm³/mol. The first kappa shape index (κ1) is 46.9. The summed E-state index contributed by atoms with van der Waals surface area (Å²) < 4.78 is 0. The van der Waals surface area contributed by atoms with Gasteiger partial charge in [0.25, 0.3) is 0 Å². The molecule has 6 rings (SSSR count). The Labute approximate surface area is 355 Å². The first-order chi connectivity index (χ1) is 27.1. The van der Waals surface area contributed by atoms with Crippen LogP contribution in [-0.4, -0.2) is 19.4 Å². The van der Waals surface area contributed by atoms with Crippen LogP contribution in [-0.2, 0) is 43.3 Å². The van der Waals surface area contributed by atoms with Gasteiger partial charge in [-0.05, 0) is 46.9 Å². The molecule has 0 heterocycles. The van der Waals surface area contributed by atoms with Crippen molar-refractivity contribution in [1.82, 2.24) is 10.5 Å². The molecule has 8 heteroatoms. The Hall–Kier alpha value is -3.43. The summed E-state index contributed by atoms with van der Waals surface area (Å²) in [6.45, 7) is 17.1. The van der Waals surface area contributed by atoms with E-state index in [4.69, 9.17) is 17.0 Å². The van der Waals surface area contributed by atoms with Crippen molar-refractivity contribution >= 4 is 57.9 Å². The molecule has 0 saturated carbocycles. The molecule has 2 amide bonds. The molecule has 0 saturated heterocycles. The molecule has 0 aliphatic heterocycles. The zero-order valence-corrected chi connectivity index (χ0v) is 38.4. The molecule has 0 aromatic heterocycles. The molecule has 6 aromatic carbocycles. The third kappa shape index (κ3) is 13.3. The fourth-order valence-electron chi connectivity index (χ4n) is 6.61. The molecule has 1 radical (unpaired) electrons. The van der Waals surface area contributed by atoms with Gasteiger partial charge in [0.1, 0.15) is 0 Å². The molecule has 2 unspecified atom stereocenters. The van der Waals surface area contributed by atoms with Crippen molar-refractivity contribution in [3.8, 4) is 22.3 Å². The van der Waals surface area contributed by atoms with Gasteiger partial charge in [-0.15, -0.1) is 69.1 Å². The van der Waals surface area contributed by atoms with E-state index in [0.29, 0.717) is 24.7 Å². The maximum absolute atomic E-state index is 10.6. The summed E-state index contributed by atoms with van der Waals surface area (Å²) in [5, 5.41) is 10.3. The zero-order chi connectivity index (χ0) is 41.0. The van der Waals surface area contributed by atoms with Crippen LogP contribution in [0.5, 0.6) is 0 Å². The number of nitrogens with one attached hydrogen (secondary N) is 2. The summed E-state index contributed by atoms with van der Waals surface area (Å²) >= 11 is -0.826. The molecule has 0 fully saturated rings. The summed E-state index contributed by atoms with van der Waals surface area (Å²) in [4.78, 5) is 21.2. The second kappa shape index (κ2) is 25.0. The van der Waals surface area contributed by atoms with Crippen molar-refractivity contribution in [2.75, 3.05) is 0 Å². The van der Waals surface area contributed by atoms with E-state index in [2.05, 4.69) is 161 Å². The van der Waals surface area contributed by atoms with Gasteiger partial charge in [-0.3, -0.25) is 9.59 Å². The van der Waals surface area contributed by atoms with Gasteiger partial charge in [-0.1, -0.05) is 140 Å². The van der Waals surface area contributed by atoms with Gasteiger partial charge in [0.2, 0.25) is 11.8 Å². The Balaban J connectivity index is 0.000000228. The molecule has 0 spiro atoms. The molecular formula is C48H58BCl2N2O2Zr. The van der Waals surface area contributed by atoms with Crippen molar-refractivity contribution in [3.63, 3.8) is 0 Å². The molecule has 56 heavy (non-hydrogen) atoms. The average Bonchev–Trinajstić information content (AvgIpc) is 3.89. The van der Waals surface area contributed by atoms with Crippen LogP contribution in [0.1, 0.15) is 115 Å². The summed E-state index contributed by atoms with van der Waals surface area (Å²) in [6, 6.07) is 40.4. The Morgan fingerprint density at radius 2 is 0.946 bits per heavy atom. The maximum atomic E-state index is 10.6. The fourth-order valence-corrected chi connectivity index (χ4v) is 6.61. The van der Waals surface area contributed by atoms with Crippen LogP contribution >= 0.6 is 17.0 Å². The van der Waals surface area contributed by atoms with E-state index >= 15 is 0 Å². The van der Waals surface area contributed by atoms with Crippen molar-refractivity contribution in [1.29, 1.82) is 0 Å². The summed E-state index contributed by atoms with van der Waals surface area (Å²) in [5.74, 6) is 1.04. The number of hydrogen-bond donors (Lipinski definition) is 2. The predicted octanol–water partition coefficient (Wildman–Crippen LogP) is 13.6. The van der Waals surface area contributed by atoms with Crippen LogP contribution in [0.3, 0.4) is 0 Å². The van der Waals surface area contributed by atoms with E-state index in [0.717, 1.165) is 12.8 Å². The molecule has 0 bridgehead atoms. The fraction of sp³-hybridized carbons (Fsp3) is 0.333. The number of fused-ring (bicyclic) bond motifs is 2. The number of rotatable bonds is 12. The van der Waals surface area contributed by atoms with Crippen LogP contribution in [0.15, 0.2) is 109 Å². The van der Waals surface area contributed by atoms with Gasteiger partial charge >= 0.3 is 45.4 Å². The van der Waals surface area contributed by atoms with Crippen LogP contribution in [0, 0.1) is 0 Å². The third-order valence-electron chi connectivity index (χ3n) is 10.4. The van der Waals surface area contributed by atoms with E-state index in [-0.39, 0.29) is 11.8 Å². The summed E-state index contributed by atoms with van der Waals surface area (Å²) in [5.41, 5.74) is 11.3. The van der Waals surface area contributed by atoms with E-state index in [1.165, 1.54) is 86.4 Å². The normalized spacial score (nSPS) is 11.4. The standard InChI is InChI=1S/2C21H23.C6H12BN2O2.2ClH.Zr/c2*1-4-15(3)18-13-17-10-8-12-20(21(17)14-18)19-11-7-6-9-16(19)5-2;1-3-5(10)8-7-9-6(11)4-2;;;/h2*6-15H,4-5H2,1-3H3;3-4H2,1-2H3,(H,8,10)(H,9,11);2*1H;/q2*-1;;;;+4/p-2. The minimum absolute atomic E-state index is 0.110. The molecule has 293 valence electrons. The van der Waals surface area contributed by atoms with E-state index < -0.39 is 20.8 Å². The number of benzene rings is 4. The molecule has 2 N–H and O–H groups in total. The van der Waals surface area contributed by atoms with Crippen molar-refractivity contribution in [2.45, 2.75) is 106 Å². The summed E-state index contributed by atoms with van der Waals surface area (Å²) in [6.07, 6.45) is 5.36. The van der Waals surface area contributed by atoms with Crippen molar-refractivity contribution in [3.05, 3.63) is 131 Å². The van der Waals surface area contributed by atoms with Gasteiger partial charge in [0.15, 0.2) is 0 Å². The number of carbonyl (C=O) groups is 2. The van der Waals surface area contributed by atoms with Crippen LogP contribution in [0.25, 0.3) is 43.8 Å². The minimum atomic E-state index is -0.826. The van der Waals surface area contributed by atoms with Gasteiger partial charge in [-0.2, -0.15) is 12.1 Å². The Morgan fingerprint density at radius 3 is 1.29 bits per heavy atom.